The summed E-state index contributed by atoms with van der Waals surface area (Å²) in [6.45, 7) is 4.27. The Morgan fingerprint density at radius 1 is 1.16 bits per heavy atom. The average molecular weight is 269 g/mol. The van der Waals surface area contributed by atoms with E-state index in [9.17, 15) is 5.11 Å². The lowest BCUT2D eigenvalue weighted by Crippen LogP contribution is -2.42. The van der Waals surface area contributed by atoms with Crippen LogP contribution in [0.2, 0.25) is 0 Å². The zero-order valence-corrected chi connectivity index (χ0v) is 12.4. The van der Waals surface area contributed by atoms with Crippen LogP contribution in [0.3, 0.4) is 0 Å². The number of hydrogen-bond acceptors (Lipinski definition) is 3. The third kappa shape index (κ3) is 5.80. The maximum atomic E-state index is 9.94. The normalized spacial score (nSPS) is 24.3. The molecule has 2 unspecified atom stereocenters. The molecule has 0 aromatic carbocycles. The van der Waals surface area contributed by atoms with Crippen molar-refractivity contribution in [3.05, 3.63) is 0 Å². The van der Waals surface area contributed by atoms with Gasteiger partial charge in [-0.15, -0.1) is 0 Å². The third-order valence-corrected chi connectivity index (χ3v) is 4.64. The first-order valence-corrected chi connectivity index (χ1v) is 8.28. The van der Waals surface area contributed by atoms with Crippen LogP contribution in [0.25, 0.3) is 0 Å². The molecule has 2 rings (SSSR count). The molecule has 3 heteroatoms. The second kappa shape index (κ2) is 8.23. The minimum atomic E-state index is -0.351. The maximum Gasteiger partial charge on any atom is 0.0897 e. The Labute approximate surface area is 118 Å². The molecule has 0 heterocycles. The predicted octanol–water partition coefficient (Wildman–Crippen LogP) is 2.72. The van der Waals surface area contributed by atoms with E-state index in [-0.39, 0.29) is 6.10 Å². The molecular weight excluding hydrogens is 238 g/mol. The lowest BCUT2D eigenvalue weighted by Gasteiger charge is -2.31. The van der Waals surface area contributed by atoms with Gasteiger partial charge in [-0.1, -0.05) is 26.2 Å². The summed E-state index contributed by atoms with van der Waals surface area (Å²) >= 11 is 0. The fourth-order valence-corrected chi connectivity index (χ4v) is 3.18. The Bertz CT molecular complexity index is 237. The molecule has 0 radical (unpaired) electrons. The quantitative estimate of drug-likeness (QED) is 0.676. The van der Waals surface area contributed by atoms with Crippen LogP contribution in [0.4, 0.5) is 0 Å². The van der Waals surface area contributed by atoms with Crippen LogP contribution in [0.1, 0.15) is 58.3 Å². The van der Waals surface area contributed by atoms with Gasteiger partial charge in [0.05, 0.1) is 12.7 Å². The van der Waals surface area contributed by atoms with E-state index in [1.807, 2.05) is 0 Å². The second-order valence-corrected chi connectivity index (χ2v) is 6.46. The largest absolute Gasteiger partial charge is 0.389 e. The number of hydrogen-bond donors (Lipinski definition) is 2. The fraction of sp³-hybridized carbons (Fsp3) is 1.00. The molecule has 0 bridgehead atoms. The van der Waals surface area contributed by atoms with E-state index in [0.717, 1.165) is 18.4 Å². The van der Waals surface area contributed by atoms with Crippen molar-refractivity contribution in [2.45, 2.75) is 70.4 Å². The van der Waals surface area contributed by atoms with Crippen LogP contribution in [-0.2, 0) is 4.74 Å². The van der Waals surface area contributed by atoms with Crippen molar-refractivity contribution in [1.82, 2.24) is 5.32 Å². The first-order chi connectivity index (χ1) is 9.29. The fourth-order valence-electron chi connectivity index (χ4n) is 3.18. The minimum Gasteiger partial charge on any atom is -0.389 e. The Balaban J connectivity index is 1.57. The number of aliphatic hydroxyl groups is 1. The average Bonchev–Trinajstić information content (AvgIpc) is 3.25. The molecule has 0 amide bonds. The molecule has 2 fully saturated rings. The van der Waals surface area contributed by atoms with E-state index in [4.69, 9.17) is 4.74 Å². The van der Waals surface area contributed by atoms with Crippen LogP contribution in [0.5, 0.6) is 0 Å². The van der Waals surface area contributed by atoms with Gasteiger partial charge in [0.2, 0.25) is 0 Å². The predicted molar refractivity (Wildman–Crippen MR) is 78.2 cm³/mol. The number of ether oxygens (including phenoxy) is 1. The number of rotatable bonds is 9. The SMILES string of the molecule is CCC(NCC(O)COCC1CC1)C1CCCCC1. The van der Waals surface area contributed by atoms with Gasteiger partial charge in [-0.05, 0) is 43.9 Å². The number of aliphatic hydroxyl groups excluding tert-OH is 1. The van der Waals surface area contributed by atoms with Crippen molar-refractivity contribution < 1.29 is 9.84 Å². The van der Waals surface area contributed by atoms with E-state index in [1.165, 1.54) is 51.4 Å². The van der Waals surface area contributed by atoms with Gasteiger partial charge in [0.1, 0.15) is 0 Å². The van der Waals surface area contributed by atoms with Crippen molar-refractivity contribution >= 4 is 0 Å². The van der Waals surface area contributed by atoms with Crippen LogP contribution in [-0.4, -0.2) is 37.0 Å². The van der Waals surface area contributed by atoms with Gasteiger partial charge in [0.15, 0.2) is 0 Å². The summed E-state index contributed by atoms with van der Waals surface area (Å²) < 4.78 is 5.54. The standard InChI is InChI=1S/C16H31NO2/c1-2-16(14-6-4-3-5-7-14)17-10-15(18)12-19-11-13-8-9-13/h13-18H,2-12H2,1H3. The summed E-state index contributed by atoms with van der Waals surface area (Å²) in [5.41, 5.74) is 0. The molecule has 0 saturated heterocycles. The molecule has 0 aromatic rings. The Kier molecular flexibility index (Phi) is 6.62. The molecule has 2 atom stereocenters. The second-order valence-electron chi connectivity index (χ2n) is 6.46. The van der Waals surface area contributed by atoms with Crippen molar-refractivity contribution in [2.75, 3.05) is 19.8 Å². The summed E-state index contributed by atoms with van der Waals surface area (Å²) in [5, 5.41) is 13.5. The van der Waals surface area contributed by atoms with Gasteiger partial charge < -0.3 is 15.2 Å². The summed E-state index contributed by atoms with van der Waals surface area (Å²) in [4.78, 5) is 0. The Morgan fingerprint density at radius 3 is 2.53 bits per heavy atom. The van der Waals surface area contributed by atoms with Gasteiger partial charge in [-0.25, -0.2) is 0 Å². The maximum absolute atomic E-state index is 9.94. The zero-order chi connectivity index (χ0) is 13.5. The summed E-state index contributed by atoms with van der Waals surface area (Å²) in [6.07, 6.45) is 10.3. The van der Waals surface area contributed by atoms with Gasteiger partial charge in [-0.3, -0.25) is 0 Å². The molecule has 0 aliphatic heterocycles. The van der Waals surface area contributed by atoms with E-state index >= 15 is 0 Å². The first kappa shape index (κ1) is 15.3. The lowest BCUT2D eigenvalue weighted by molar-refractivity contribution is 0.0297. The van der Waals surface area contributed by atoms with Gasteiger partial charge in [0, 0.05) is 19.2 Å². The molecule has 2 N–H and O–H groups in total. The summed E-state index contributed by atoms with van der Waals surface area (Å²) in [7, 11) is 0. The van der Waals surface area contributed by atoms with E-state index in [2.05, 4.69) is 12.2 Å². The third-order valence-electron chi connectivity index (χ3n) is 4.64. The Morgan fingerprint density at radius 2 is 1.89 bits per heavy atom. The van der Waals surface area contributed by atoms with E-state index in [1.54, 1.807) is 0 Å². The molecular formula is C16H31NO2. The molecule has 112 valence electrons. The highest BCUT2D eigenvalue weighted by molar-refractivity contribution is 4.79. The van der Waals surface area contributed by atoms with Crippen molar-refractivity contribution in [3.8, 4) is 0 Å². The van der Waals surface area contributed by atoms with Crippen LogP contribution in [0, 0.1) is 11.8 Å². The molecule has 3 nitrogen and oxygen atoms in total. The molecule has 2 aliphatic carbocycles. The Hall–Kier alpha value is -0.120. The molecule has 19 heavy (non-hydrogen) atoms. The van der Waals surface area contributed by atoms with E-state index < -0.39 is 0 Å². The van der Waals surface area contributed by atoms with Gasteiger partial charge in [0.25, 0.3) is 0 Å². The minimum absolute atomic E-state index is 0.351. The van der Waals surface area contributed by atoms with Crippen LogP contribution >= 0.6 is 0 Å². The summed E-state index contributed by atoms with van der Waals surface area (Å²) in [6, 6.07) is 0.582. The highest BCUT2D eigenvalue weighted by Crippen LogP contribution is 2.29. The van der Waals surface area contributed by atoms with Crippen molar-refractivity contribution in [3.63, 3.8) is 0 Å². The van der Waals surface area contributed by atoms with Gasteiger partial charge in [-0.2, -0.15) is 0 Å². The molecule has 2 aliphatic rings. The smallest absolute Gasteiger partial charge is 0.0897 e. The highest BCUT2D eigenvalue weighted by atomic mass is 16.5. The zero-order valence-electron chi connectivity index (χ0n) is 12.4. The monoisotopic (exact) mass is 269 g/mol. The van der Waals surface area contributed by atoms with Crippen molar-refractivity contribution in [1.29, 1.82) is 0 Å². The lowest BCUT2D eigenvalue weighted by atomic mass is 9.83. The van der Waals surface area contributed by atoms with Crippen molar-refractivity contribution in [2.24, 2.45) is 11.8 Å². The summed E-state index contributed by atoms with van der Waals surface area (Å²) in [5.74, 6) is 1.60. The van der Waals surface area contributed by atoms with Crippen LogP contribution in [0.15, 0.2) is 0 Å². The topological polar surface area (TPSA) is 41.5 Å². The van der Waals surface area contributed by atoms with Gasteiger partial charge >= 0.3 is 0 Å². The molecule has 2 saturated carbocycles. The highest BCUT2D eigenvalue weighted by Gasteiger charge is 2.23. The van der Waals surface area contributed by atoms with Crippen LogP contribution < -0.4 is 5.32 Å². The first-order valence-electron chi connectivity index (χ1n) is 8.28. The molecule has 0 aromatic heterocycles. The number of nitrogens with one attached hydrogen (secondary N) is 1. The van der Waals surface area contributed by atoms with E-state index in [0.29, 0.717) is 19.2 Å². The molecule has 0 spiro atoms.